The molecule has 0 unspecified atom stereocenters. The van der Waals surface area contributed by atoms with E-state index in [2.05, 4.69) is 13.8 Å². The van der Waals surface area contributed by atoms with Crippen LogP contribution < -0.4 is 11.5 Å². The van der Waals surface area contributed by atoms with Gasteiger partial charge in [0.1, 0.15) is 0 Å². The van der Waals surface area contributed by atoms with E-state index in [0.29, 0.717) is 0 Å². The van der Waals surface area contributed by atoms with Crippen LogP contribution in [0.3, 0.4) is 0 Å². The maximum Gasteiger partial charge on any atom is 0.0633 e. The molecule has 0 aromatic heterocycles. The molecule has 0 fully saturated rings. The summed E-state index contributed by atoms with van der Waals surface area (Å²) in [5, 5.41) is 0. The molecule has 0 radical (unpaired) electrons. The minimum Gasteiger partial charge on any atom is -0.314 e. The normalized spacial score (nSPS) is 12.0. The SMILES string of the molecule is CCCCCCCCCCCCCCC(N)(N)CC. The summed E-state index contributed by atoms with van der Waals surface area (Å²) in [5.41, 5.74) is 11.4. The molecule has 0 rings (SSSR count). The first-order valence-electron chi connectivity index (χ1n) is 8.70. The molecule has 0 bridgehead atoms. The van der Waals surface area contributed by atoms with Crippen LogP contribution in [0.4, 0.5) is 0 Å². The van der Waals surface area contributed by atoms with Gasteiger partial charge in [0.2, 0.25) is 0 Å². The van der Waals surface area contributed by atoms with E-state index in [1.165, 1.54) is 77.0 Å². The van der Waals surface area contributed by atoms with E-state index in [4.69, 9.17) is 11.5 Å². The van der Waals surface area contributed by atoms with Crippen molar-refractivity contribution in [2.45, 2.75) is 109 Å². The van der Waals surface area contributed by atoms with E-state index in [-0.39, 0.29) is 0 Å². The predicted molar refractivity (Wildman–Crippen MR) is 87.1 cm³/mol. The van der Waals surface area contributed by atoms with Gasteiger partial charge in [-0.25, -0.2) is 0 Å². The van der Waals surface area contributed by atoms with Gasteiger partial charge in [-0.2, -0.15) is 0 Å². The molecule has 0 aromatic carbocycles. The topological polar surface area (TPSA) is 52.0 Å². The highest BCUT2D eigenvalue weighted by Crippen LogP contribution is 2.14. The third-order valence-corrected chi connectivity index (χ3v) is 4.15. The molecule has 0 heterocycles. The van der Waals surface area contributed by atoms with Crippen molar-refractivity contribution in [1.29, 1.82) is 0 Å². The zero-order valence-electron chi connectivity index (χ0n) is 13.6. The van der Waals surface area contributed by atoms with E-state index in [1.54, 1.807) is 0 Å². The van der Waals surface area contributed by atoms with Crippen molar-refractivity contribution in [2.75, 3.05) is 0 Å². The zero-order chi connectivity index (χ0) is 14.4. The minimum absolute atomic E-state index is 0.418. The second-order valence-corrected chi connectivity index (χ2v) is 6.23. The maximum atomic E-state index is 5.92. The van der Waals surface area contributed by atoms with E-state index < -0.39 is 5.66 Å². The van der Waals surface area contributed by atoms with Gasteiger partial charge in [-0.15, -0.1) is 0 Å². The van der Waals surface area contributed by atoms with Crippen molar-refractivity contribution >= 4 is 0 Å². The lowest BCUT2D eigenvalue weighted by Gasteiger charge is -2.22. The van der Waals surface area contributed by atoms with Crippen LogP contribution in [-0.2, 0) is 0 Å². The molecule has 19 heavy (non-hydrogen) atoms. The monoisotopic (exact) mass is 270 g/mol. The number of hydrogen-bond acceptors (Lipinski definition) is 2. The van der Waals surface area contributed by atoms with Gasteiger partial charge in [0.15, 0.2) is 0 Å². The average molecular weight is 271 g/mol. The largest absolute Gasteiger partial charge is 0.314 e. The van der Waals surface area contributed by atoms with Gasteiger partial charge in [-0.3, -0.25) is 0 Å². The van der Waals surface area contributed by atoms with Gasteiger partial charge in [-0.05, 0) is 12.8 Å². The Morgan fingerprint density at radius 3 is 1.32 bits per heavy atom. The Hall–Kier alpha value is -0.0800. The summed E-state index contributed by atoms with van der Waals surface area (Å²) in [4.78, 5) is 0. The van der Waals surface area contributed by atoms with Gasteiger partial charge >= 0.3 is 0 Å². The molecule has 0 saturated heterocycles. The first kappa shape index (κ1) is 18.9. The summed E-state index contributed by atoms with van der Waals surface area (Å²) in [6.45, 7) is 4.35. The molecular weight excluding hydrogens is 232 g/mol. The number of rotatable bonds is 14. The lowest BCUT2D eigenvalue weighted by atomic mass is 9.99. The first-order chi connectivity index (χ1) is 9.12. The van der Waals surface area contributed by atoms with E-state index in [0.717, 1.165) is 12.8 Å². The highest BCUT2D eigenvalue weighted by molar-refractivity contribution is 4.73. The Labute approximate surface area is 121 Å². The number of hydrogen-bond donors (Lipinski definition) is 2. The van der Waals surface area contributed by atoms with Crippen LogP contribution in [0, 0.1) is 0 Å². The second kappa shape index (κ2) is 12.9. The standard InChI is InChI=1S/C17H38N2/c1-3-5-6-7-8-9-10-11-12-13-14-15-16-17(18,19)4-2/h3-16,18-19H2,1-2H3. The van der Waals surface area contributed by atoms with Crippen molar-refractivity contribution in [3.05, 3.63) is 0 Å². The summed E-state index contributed by atoms with van der Waals surface area (Å²) in [7, 11) is 0. The fourth-order valence-corrected chi connectivity index (χ4v) is 2.47. The molecule has 4 N–H and O–H groups in total. The molecular formula is C17H38N2. The lowest BCUT2D eigenvalue weighted by Crippen LogP contribution is -2.48. The van der Waals surface area contributed by atoms with Crippen LogP contribution in [0.5, 0.6) is 0 Å². The van der Waals surface area contributed by atoms with Crippen molar-refractivity contribution in [1.82, 2.24) is 0 Å². The summed E-state index contributed by atoms with van der Waals surface area (Å²) in [6, 6.07) is 0. The fourth-order valence-electron chi connectivity index (χ4n) is 2.47. The highest BCUT2D eigenvalue weighted by atomic mass is 14.9. The van der Waals surface area contributed by atoms with E-state index in [1.807, 2.05) is 0 Å². The molecule has 0 spiro atoms. The Balaban J connectivity index is 3.07. The van der Waals surface area contributed by atoms with Gasteiger partial charge < -0.3 is 11.5 Å². The van der Waals surface area contributed by atoms with Crippen LogP contribution in [0.15, 0.2) is 0 Å². The highest BCUT2D eigenvalue weighted by Gasteiger charge is 2.14. The van der Waals surface area contributed by atoms with Crippen LogP contribution in [0.1, 0.15) is 104 Å². The predicted octanol–water partition coefficient (Wildman–Crippen LogP) is 5.10. The summed E-state index contributed by atoms with van der Waals surface area (Å²) in [6.07, 6.45) is 18.5. The van der Waals surface area contributed by atoms with Crippen molar-refractivity contribution in [3.8, 4) is 0 Å². The summed E-state index contributed by atoms with van der Waals surface area (Å²) >= 11 is 0. The van der Waals surface area contributed by atoms with E-state index >= 15 is 0 Å². The maximum absolute atomic E-state index is 5.92. The minimum atomic E-state index is -0.418. The summed E-state index contributed by atoms with van der Waals surface area (Å²) in [5.74, 6) is 0. The Morgan fingerprint density at radius 2 is 0.947 bits per heavy atom. The molecule has 0 atom stereocenters. The molecule has 2 nitrogen and oxygen atoms in total. The zero-order valence-corrected chi connectivity index (χ0v) is 13.6. The van der Waals surface area contributed by atoms with Crippen molar-refractivity contribution in [3.63, 3.8) is 0 Å². The fraction of sp³-hybridized carbons (Fsp3) is 1.00. The molecule has 0 aliphatic rings. The van der Waals surface area contributed by atoms with E-state index in [9.17, 15) is 0 Å². The molecule has 0 aliphatic carbocycles. The Morgan fingerprint density at radius 1 is 0.579 bits per heavy atom. The third-order valence-electron chi connectivity index (χ3n) is 4.15. The number of nitrogens with two attached hydrogens (primary N) is 2. The van der Waals surface area contributed by atoms with Gasteiger partial charge in [0, 0.05) is 0 Å². The molecule has 0 saturated carbocycles. The number of unbranched alkanes of at least 4 members (excludes halogenated alkanes) is 11. The first-order valence-corrected chi connectivity index (χ1v) is 8.70. The van der Waals surface area contributed by atoms with Crippen LogP contribution in [0.2, 0.25) is 0 Å². The van der Waals surface area contributed by atoms with Crippen LogP contribution in [0.25, 0.3) is 0 Å². The second-order valence-electron chi connectivity index (χ2n) is 6.23. The summed E-state index contributed by atoms with van der Waals surface area (Å²) < 4.78 is 0. The Bertz CT molecular complexity index is 178. The quantitative estimate of drug-likeness (QED) is 0.341. The van der Waals surface area contributed by atoms with Gasteiger partial charge in [-0.1, -0.05) is 90.9 Å². The Kier molecular flexibility index (Phi) is 12.9. The smallest absolute Gasteiger partial charge is 0.0633 e. The van der Waals surface area contributed by atoms with Crippen molar-refractivity contribution in [2.24, 2.45) is 11.5 Å². The van der Waals surface area contributed by atoms with Crippen LogP contribution >= 0.6 is 0 Å². The van der Waals surface area contributed by atoms with Gasteiger partial charge in [0.25, 0.3) is 0 Å². The van der Waals surface area contributed by atoms with Gasteiger partial charge in [0.05, 0.1) is 5.66 Å². The molecule has 0 aromatic rings. The average Bonchev–Trinajstić information content (AvgIpc) is 2.40. The molecule has 0 aliphatic heterocycles. The lowest BCUT2D eigenvalue weighted by molar-refractivity contribution is 0.374. The van der Waals surface area contributed by atoms with Crippen LogP contribution in [-0.4, -0.2) is 5.66 Å². The molecule has 2 heteroatoms. The molecule has 116 valence electrons. The van der Waals surface area contributed by atoms with Crippen molar-refractivity contribution < 1.29 is 0 Å². The molecule has 0 amide bonds. The third kappa shape index (κ3) is 14.1.